The van der Waals surface area contributed by atoms with E-state index in [0.29, 0.717) is 10.6 Å². The second-order valence-electron chi connectivity index (χ2n) is 5.32. The molecule has 0 radical (unpaired) electrons. The maximum absolute atomic E-state index is 12.6. The number of nitrogens with zero attached hydrogens (tertiary/aromatic N) is 5. The zero-order valence-electron chi connectivity index (χ0n) is 12.2. The highest BCUT2D eigenvalue weighted by Crippen LogP contribution is 2.23. The summed E-state index contributed by atoms with van der Waals surface area (Å²) in [4.78, 5) is 14.4. The fraction of sp³-hybridized carbons (Fsp3) is 0.429. The summed E-state index contributed by atoms with van der Waals surface area (Å²) in [6.07, 6.45) is 3.40. The Balaban J connectivity index is 1.80. The molecule has 0 atom stereocenters. The molecule has 22 heavy (non-hydrogen) atoms. The van der Waals surface area contributed by atoms with E-state index in [0.717, 1.165) is 31.6 Å². The fourth-order valence-electron chi connectivity index (χ4n) is 2.65. The van der Waals surface area contributed by atoms with Gasteiger partial charge in [-0.1, -0.05) is 11.6 Å². The van der Waals surface area contributed by atoms with E-state index in [9.17, 15) is 4.79 Å². The van der Waals surface area contributed by atoms with Gasteiger partial charge in [0.1, 0.15) is 6.33 Å². The van der Waals surface area contributed by atoms with Crippen LogP contribution in [0.15, 0.2) is 24.5 Å². The number of hydrogen-bond acceptors (Lipinski definition) is 5. The summed E-state index contributed by atoms with van der Waals surface area (Å²) in [6, 6.07) is 5.45. The minimum Gasteiger partial charge on any atom is -0.339 e. The summed E-state index contributed by atoms with van der Waals surface area (Å²) in [7, 11) is 1.84. The number of amides is 1. The summed E-state index contributed by atoms with van der Waals surface area (Å²) >= 11 is 6.28. The smallest absolute Gasteiger partial charge is 0.255 e. The van der Waals surface area contributed by atoms with Crippen LogP contribution in [0.25, 0.3) is 5.69 Å². The Kier molecular flexibility index (Phi) is 4.35. The van der Waals surface area contributed by atoms with Crippen molar-refractivity contribution in [1.29, 1.82) is 0 Å². The minimum atomic E-state index is -0.0554. The number of benzene rings is 1. The molecule has 0 saturated carbocycles. The van der Waals surface area contributed by atoms with Crippen LogP contribution in [0.1, 0.15) is 23.2 Å². The van der Waals surface area contributed by atoms with Crippen molar-refractivity contribution in [2.45, 2.75) is 18.9 Å². The van der Waals surface area contributed by atoms with Gasteiger partial charge in [0.15, 0.2) is 0 Å². The van der Waals surface area contributed by atoms with Crippen LogP contribution in [0, 0.1) is 0 Å². The van der Waals surface area contributed by atoms with Gasteiger partial charge in [-0.25, -0.2) is 4.68 Å². The normalized spacial score (nSPS) is 15.7. The molecule has 2 heterocycles. The molecule has 1 amide bonds. The fourth-order valence-corrected chi connectivity index (χ4v) is 2.90. The Bertz CT molecular complexity index is 653. The first-order valence-electron chi connectivity index (χ1n) is 7.17. The van der Waals surface area contributed by atoms with Crippen LogP contribution < -0.4 is 5.32 Å². The van der Waals surface area contributed by atoms with Gasteiger partial charge in [0.25, 0.3) is 5.91 Å². The third kappa shape index (κ3) is 2.95. The number of tetrazole rings is 1. The Morgan fingerprint density at radius 3 is 2.82 bits per heavy atom. The van der Waals surface area contributed by atoms with Crippen molar-refractivity contribution >= 4 is 17.5 Å². The maximum atomic E-state index is 12.6. The lowest BCUT2D eigenvalue weighted by Gasteiger charge is -2.31. The Morgan fingerprint density at radius 2 is 2.18 bits per heavy atom. The number of carbonyl (C=O) groups is 1. The molecule has 0 aliphatic carbocycles. The van der Waals surface area contributed by atoms with Crippen molar-refractivity contribution in [2.75, 3.05) is 20.1 Å². The number of nitrogens with one attached hydrogen (secondary N) is 1. The Hall–Kier alpha value is -1.99. The zero-order chi connectivity index (χ0) is 15.5. The van der Waals surface area contributed by atoms with Gasteiger partial charge in [0.2, 0.25) is 0 Å². The molecular formula is C14H17ClN6O. The largest absolute Gasteiger partial charge is 0.339 e. The molecular weight excluding hydrogens is 304 g/mol. The van der Waals surface area contributed by atoms with Crippen molar-refractivity contribution in [3.05, 3.63) is 35.1 Å². The molecule has 1 aromatic heterocycles. The molecule has 1 saturated heterocycles. The highest BCUT2D eigenvalue weighted by Gasteiger charge is 2.24. The van der Waals surface area contributed by atoms with Crippen molar-refractivity contribution in [3.63, 3.8) is 0 Å². The SMILES string of the molecule is CN(C(=O)c1ccc(-n2cnnn2)cc1Cl)C1CCNCC1. The second-order valence-corrected chi connectivity index (χ2v) is 5.72. The molecule has 7 nitrogen and oxygen atoms in total. The van der Waals surface area contributed by atoms with Crippen molar-refractivity contribution < 1.29 is 4.79 Å². The third-order valence-electron chi connectivity index (χ3n) is 3.97. The van der Waals surface area contributed by atoms with Crippen LogP contribution >= 0.6 is 11.6 Å². The molecule has 0 spiro atoms. The summed E-state index contributed by atoms with van der Waals surface area (Å²) < 4.78 is 1.50. The first-order chi connectivity index (χ1) is 10.7. The Morgan fingerprint density at radius 1 is 1.41 bits per heavy atom. The molecule has 0 bridgehead atoms. The van der Waals surface area contributed by atoms with Gasteiger partial charge in [0, 0.05) is 13.1 Å². The van der Waals surface area contributed by atoms with E-state index < -0.39 is 0 Å². The third-order valence-corrected chi connectivity index (χ3v) is 4.29. The van der Waals surface area contributed by atoms with Gasteiger partial charge in [-0.15, -0.1) is 5.10 Å². The molecule has 8 heteroatoms. The number of carbonyl (C=O) groups excluding carboxylic acids is 1. The van der Waals surface area contributed by atoms with Gasteiger partial charge in [0.05, 0.1) is 16.3 Å². The Labute approximate surface area is 133 Å². The molecule has 2 aromatic rings. The van der Waals surface area contributed by atoms with Crippen LogP contribution in [0.5, 0.6) is 0 Å². The highest BCUT2D eigenvalue weighted by molar-refractivity contribution is 6.34. The van der Waals surface area contributed by atoms with Crippen LogP contribution in [0.2, 0.25) is 5.02 Å². The number of hydrogen-bond donors (Lipinski definition) is 1. The average molecular weight is 321 g/mol. The van der Waals surface area contributed by atoms with Gasteiger partial charge >= 0.3 is 0 Å². The minimum absolute atomic E-state index is 0.0554. The maximum Gasteiger partial charge on any atom is 0.255 e. The lowest BCUT2D eigenvalue weighted by molar-refractivity contribution is 0.0703. The van der Waals surface area contributed by atoms with Gasteiger partial charge in [-0.05, 0) is 54.6 Å². The molecule has 0 unspecified atom stereocenters. The van der Waals surface area contributed by atoms with Crippen molar-refractivity contribution in [2.24, 2.45) is 0 Å². The number of halogens is 1. The van der Waals surface area contributed by atoms with Gasteiger partial charge in [-0.3, -0.25) is 4.79 Å². The highest BCUT2D eigenvalue weighted by atomic mass is 35.5. The van der Waals surface area contributed by atoms with Crippen molar-refractivity contribution in [1.82, 2.24) is 30.4 Å². The van der Waals surface area contributed by atoms with Crippen molar-refractivity contribution in [3.8, 4) is 5.69 Å². The quantitative estimate of drug-likeness (QED) is 0.918. The first-order valence-corrected chi connectivity index (χ1v) is 7.55. The van der Waals surface area contributed by atoms with Crippen LogP contribution in [-0.4, -0.2) is 57.2 Å². The lowest BCUT2D eigenvalue weighted by Crippen LogP contribution is -2.44. The van der Waals surface area contributed by atoms with Gasteiger partial charge in [-0.2, -0.15) is 0 Å². The average Bonchev–Trinajstić information content (AvgIpc) is 3.09. The molecule has 1 fully saturated rings. The van der Waals surface area contributed by atoms with E-state index in [-0.39, 0.29) is 11.9 Å². The molecule has 116 valence electrons. The predicted molar refractivity (Wildman–Crippen MR) is 82.1 cm³/mol. The van der Waals surface area contributed by atoms with E-state index in [1.807, 2.05) is 7.05 Å². The number of aromatic nitrogens is 4. The van der Waals surface area contributed by atoms with Crippen LogP contribution in [0.4, 0.5) is 0 Å². The van der Waals surface area contributed by atoms with Crippen LogP contribution in [0.3, 0.4) is 0 Å². The molecule has 1 N–H and O–H groups in total. The van der Waals surface area contributed by atoms with Crippen LogP contribution in [-0.2, 0) is 0 Å². The number of rotatable bonds is 3. The summed E-state index contributed by atoms with van der Waals surface area (Å²) in [5, 5.41) is 14.7. The standard InChI is InChI=1S/C14H17ClN6O/c1-20(10-4-6-16-7-5-10)14(22)12-3-2-11(8-13(12)15)21-9-17-18-19-21/h2-3,8-10,16H,4-7H2,1H3. The summed E-state index contributed by atoms with van der Waals surface area (Å²) in [6.45, 7) is 1.88. The predicted octanol–water partition coefficient (Wildman–Crippen LogP) is 1.14. The monoisotopic (exact) mass is 320 g/mol. The van der Waals surface area contributed by atoms with E-state index in [4.69, 9.17) is 11.6 Å². The second kappa shape index (κ2) is 6.41. The number of piperidine rings is 1. The summed E-state index contributed by atoms with van der Waals surface area (Å²) in [5.41, 5.74) is 1.22. The molecule has 3 rings (SSSR count). The van der Waals surface area contributed by atoms with E-state index in [2.05, 4.69) is 20.8 Å². The van der Waals surface area contributed by atoms with Gasteiger partial charge < -0.3 is 10.2 Å². The van der Waals surface area contributed by atoms with E-state index >= 15 is 0 Å². The summed E-state index contributed by atoms with van der Waals surface area (Å²) in [5.74, 6) is -0.0554. The molecule has 1 aromatic carbocycles. The lowest BCUT2D eigenvalue weighted by atomic mass is 10.0. The molecule has 1 aliphatic rings. The zero-order valence-corrected chi connectivity index (χ0v) is 13.0. The van der Waals surface area contributed by atoms with E-state index in [1.54, 1.807) is 23.1 Å². The first kappa shape index (κ1) is 14.9. The topological polar surface area (TPSA) is 75.9 Å². The molecule has 1 aliphatic heterocycles. The van der Waals surface area contributed by atoms with E-state index in [1.165, 1.54) is 11.0 Å².